The van der Waals surface area contributed by atoms with Crippen LogP contribution in [0.4, 0.5) is 0 Å². The summed E-state index contributed by atoms with van der Waals surface area (Å²) in [5, 5.41) is 2.94. The Balaban J connectivity index is 2.14. The summed E-state index contributed by atoms with van der Waals surface area (Å²) in [5.41, 5.74) is 0. The van der Waals surface area contributed by atoms with Crippen LogP contribution in [0.3, 0.4) is 0 Å². The quantitative estimate of drug-likeness (QED) is 0.807. The maximum atomic E-state index is 12.5. The first-order valence-electron chi connectivity index (χ1n) is 7.15. The van der Waals surface area contributed by atoms with E-state index in [1.807, 2.05) is 4.90 Å². The fraction of sp³-hybridized carbons (Fsp3) is 0.857. The molecule has 4 heteroatoms. The summed E-state index contributed by atoms with van der Waals surface area (Å²) in [4.78, 5) is 26.5. The molecule has 2 rings (SSSR count). The second kappa shape index (κ2) is 5.29. The first-order valence-corrected chi connectivity index (χ1v) is 7.15. The van der Waals surface area contributed by atoms with E-state index in [1.165, 1.54) is 0 Å². The van der Waals surface area contributed by atoms with Gasteiger partial charge in [0.1, 0.15) is 12.1 Å². The summed E-state index contributed by atoms with van der Waals surface area (Å²) in [7, 11) is 0. The van der Waals surface area contributed by atoms with Gasteiger partial charge in [-0.25, -0.2) is 0 Å². The van der Waals surface area contributed by atoms with E-state index >= 15 is 0 Å². The first kappa shape index (κ1) is 13.4. The van der Waals surface area contributed by atoms with Gasteiger partial charge in [-0.3, -0.25) is 9.59 Å². The highest BCUT2D eigenvalue weighted by atomic mass is 16.2. The molecule has 18 heavy (non-hydrogen) atoms. The molecule has 1 saturated carbocycles. The predicted molar refractivity (Wildman–Crippen MR) is 69.9 cm³/mol. The Labute approximate surface area is 109 Å². The first-order chi connectivity index (χ1) is 8.54. The van der Waals surface area contributed by atoms with Crippen molar-refractivity contribution in [3.8, 4) is 0 Å². The molecular formula is C14H24N2O2. The molecule has 0 spiro atoms. The lowest BCUT2D eigenvalue weighted by molar-refractivity contribution is -0.150. The van der Waals surface area contributed by atoms with Gasteiger partial charge in [-0.1, -0.05) is 27.2 Å². The van der Waals surface area contributed by atoms with Crippen molar-refractivity contribution in [3.63, 3.8) is 0 Å². The molecule has 2 unspecified atom stereocenters. The molecule has 4 nitrogen and oxygen atoms in total. The van der Waals surface area contributed by atoms with Gasteiger partial charge < -0.3 is 10.2 Å². The Morgan fingerprint density at radius 2 is 2.00 bits per heavy atom. The Hall–Kier alpha value is -1.06. The van der Waals surface area contributed by atoms with E-state index in [1.54, 1.807) is 0 Å². The molecule has 0 aromatic carbocycles. The van der Waals surface area contributed by atoms with Crippen LogP contribution in [0.25, 0.3) is 0 Å². The standard InChI is InChI=1S/C14H24N2O2/c1-4-5-11-13(17)15-12(10-6-7-10)14(18)16(11)8-9(2)3/h9-12H,4-8H2,1-3H3,(H,15,17). The topological polar surface area (TPSA) is 49.4 Å². The molecule has 1 saturated heterocycles. The smallest absolute Gasteiger partial charge is 0.246 e. The summed E-state index contributed by atoms with van der Waals surface area (Å²) < 4.78 is 0. The van der Waals surface area contributed by atoms with E-state index in [4.69, 9.17) is 0 Å². The number of carbonyl (C=O) groups excluding carboxylic acids is 2. The number of nitrogens with zero attached hydrogens (tertiary/aromatic N) is 1. The molecule has 2 amide bonds. The normalized spacial score (nSPS) is 28.8. The van der Waals surface area contributed by atoms with Crippen LogP contribution < -0.4 is 5.32 Å². The zero-order chi connectivity index (χ0) is 13.3. The highest BCUT2D eigenvalue weighted by molar-refractivity contribution is 5.97. The number of amides is 2. The molecule has 2 atom stereocenters. The van der Waals surface area contributed by atoms with Gasteiger partial charge in [0.25, 0.3) is 0 Å². The summed E-state index contributed by atoms with van der Waals surface area (Å²) in [6.07, 6.45) is 3.84. The molecule has 0 aromatic rings. The number of nitrogens with one attached hydrogen (secondary N) is 1. The van der Waals surface area contributed by atoms with Gasteiger partial charge in [-0.05, 0) is 31.1 Å². The third-order valence-corrected chi connectivity index (χ3v) is 3.74. The van der Waals surface area contributed by atoms with Crippen LogP contribution in [0, 0.1) is 11.8 Å². The minimum absolute atomic E-state index is 0.0500. The number of hydrogen-bond acceptors (Lipinski definition) is 2. The molecule has 1 N–H and O–H groups in total. The van der Waals surface area contributed by atoms with Gasteiger partial charge in [0, 0.05) is 6.54 Å². The molecule has 2 fully saturated rings. The van der Waals surface area contributed by atoms with E-state index in [-0.39, 0.29) is 23.9 Å². The van der Waals surface area contributed by atoms with Crippen LogP contribution >= 0.6 is 0 Å². The Morgan fingerprint density at radius 1 is 1.33 bits per heavy atom. The second-order valence-corrected chi connectivity index (χ2v) is 6.01. The third-order valence-electron chi connectivity index (χ3n) is 3.74. The zero-order valence-electron chi connectivity index (χ0n) is 11.6. The molecule has 1 aliphatic carbocycles. The molecule has 2 aliphatic rings. The lowest BCUT2D eigenvalue weighted by Crippen LogP contribution is -2.64. The molecule has 0 radical (unpaired) electrons. The SMILES string of the molecule is CCCC1C(=O)NC(C2CC2)C(=O)N1CC(C)C. The Morgan fingerprint density at radius 3 is 2.50 bits per heavy atom. The van der Waals surface area contributed by atoms with Crippen molar-refractivity contribution in [2.24, 2.45) is 11.8 Å². The molecular weight excluding hydrogens is 228 g/mol. The maximum Gasteiger partial charge on any atom is 0.246 e. The van der Waals surface area contributed by atoms with E-state index in [0.717, 1.165) is 25.7 Å². The molecule has 1 heterocycles. The van der Waals surface area contributed by atoms with Crippen molar-refractivity contribution in [2.75, 3.05) is 6.54 Å². The van der Waals surface area contributed by atoms with Crippen LogP contribution in [-0.4, -0.2) is 35.3 Å². The van der Waals surface area contributed by atoms with Gasteiger partial charge >= 0.3 is 0 Å². The second-order valence-electron chi connectivity index (χ2n) is 6.01. The fourth-order valence-electron chi connectivity index (χ4n) is 2.70. The highest BCUT2D eigenvalue weighted by Crippen LogP contribution is 2.35. The van der Waals surface area contributed by atoms with Crippen LogP contribution in [0.5, 0.6) is 0 Å². The van der Waals surface area contributed by atoms with Gasteiger partial charge in [0.15, 0.2) is 0 Å². The Kier molecular flexibility index (Phi) is 3.93. The molecule has 102 valence electrons. The van der Waals surface area contributed by atoms with Gasteiger partial charge in [0.05, 0.1) is 0 Å². The number of piperazine rings is 1. The van der Waals surface area contributed by atoms with Crippen LogP contribution in [0.2, 0.25) is 0 Å². The van der Waals surface area contributed by atoms with E-state index in [9.17, 15) is 9.59 Å². The minimum atomic E-state index is -0.250. The maximum absolute atomic E-state index is 12.5. The van der Waals surface area contributed by atoms with Gasteiger partial charge in [-0.15, -0.1) is 0 Å². The number of rotatable bonds is 5. The third kappa shape index (κ3) is 2.68. The number of hydrogen-bond donors (Lipinski definition) is 1. The van der Waals surface area contributed by atoms with Crippen LogP contribution in [0.15, 0.2) is 0 Å². The van der Waals surface area contributed by atoms with Crippen LogP contribution in [-0.2, 0) is 9.59 Å². The van der Waals surface area contributed by atoms with Crippen molar-refractivity contribution in [2.45, 2.75) is 58.5 Å². The fourth-order valence-corrected chi connectivity index (χ4v) is 2.70. The monoisotopic (exact) mass is 252 g/mol. The van der Waals surface area contributed by atoms with Crippen molar-refractivity contribution < 1.29 is 9.59 Å². The van der Waals surface area contributed by atoms with E-state index in [2.05, 4.69) is 26.1 Å². The number of carbonyl (C=O) groups is 2. The van der Waals surface area contributed by atoms with Crippen molar-refractivity contribution >= 4 is 11.8 Å². The van der Waals surface area contributed by atoms with Crippen LogP contribution in [0.1, 0.15) is 46.5 Å². The minimum Gasteiger partial charge on any atom is -0.342 e. The molecule has 1 aliphatic heterocycles. The lowest BCUT2D eigenvalue weighted by Gasteiger charge is -2.40. The molecule has 0 bridgehead atoms. The van der Waals surface area contributed by atoms with E-state index < -0.39 is 0 Å². The van der Waals surface area contributed by atoms with Gasteiger partial charge in [0.2, 0.25) is 11.8 Å². The average molecular weight is 252 g/mol. The average Bonchev–Trinajstić information content (AvgIpc) is 3.11. The summed E-state index contributed by atoms with van der Waals surface area (Å²) in [6, 6.07) is -0.496. The van der Waals surface area contributed by atoms with Crippen molar-refractivity contribution in [3.05, 3.63) is 0 Å². The van der Waals surface area contributed by atoms with Crippen molar-refractivity contribution in [1.82, 2.24) is 10.2 Å². The summed E-state index contributed by atoms with van der Waals surface area (Å²) in [5.74, 6) is 0.982. The predicted octanol–water partition coefficient (Wildman–Crippen LogP) is 1.55. The summed E-state index contributed by atoms with van der Waals surface area (Å²) >= 11 is 0. The molecule has 0 aromatic heterocycles. The summed E-state index contributed by atoms with van der Waals surface area (Å²) in [6.45, 7) is 6.93. The zero-order valence-corrected chi connectivity index (χ0v) is 11.6. The Bertz CT molecular complexity index is 337. The largest absolute Gasteiger partial charge is 0.342 e. The van der Waals surface area contributed by atoms with E-state index in [0.29, 0.717) is 18.4 Å². The highest BCUT2D eigenvalue weighted by Gasteiger charge is 2.46. The lowest BCUT2D eigenvalue weighted by atomic mass is 9.99. The van der Waals surface area contributed by atoms with Gasteiger partial charge in [-0.2, -0.15) is 0 Å². The van der Waals surface area contributed by atoms with Crippen molar-refractivity contribution in [1.29, 1.82) is 0 Å².